The van der Waals surface area contributed by atoms with Crippen LogP contribution in [0.1, 0.15) is 31.2 Å². The largest absolute Gasteiger partial charge is 0.381 e. The van der Waals surface area contributed by atoms with Gasteiger partial charge in [0.2, 0.25) is 5.91 Å². The fourth-order valence-electron chi connectivity index (χ4n) is 2.96. The number of benzene rings is 1. The molecule has 1 heterocycles. The minimum absolute atomic E-state index is 0.153. The van der Waals surface area contributed by atoms with Crippen molar-refractivity contribution in [1.82, 2.24) is 5.32 Å². The molecular formula is C17H23NO2. The summed E-state index contributed by atoms with van der Waals surface area (Å²) in [5.74, 6) is 1.07. The molecule has 3 rings (SSSR count). The predicted octanol–water partition coefficient (Wildman–Crippen LogP) is 2.55. The molecule has 1 atom stereocenters. The van der Waals surface area contributed by atoms with E-state index in [4.69, 9.17) is 4.74 Å². The Morgan fingerprint density at radius 1 is 1.15 bits per heavy atom. The molecule has 1 aromatic rings. The Kier molecular flexibility index (Phi) is 4.36. The summed E-state index contributed by atoms with van der Waals surface area (Å²) >= 11 is 0. The molecule has 1 aliphatic carbocycles. The summed E-state index contributed by atoms with van der Waals surface area (Å²) in [6.45, 7) is 1.45. The molecule has 2 aliphatic rings. The second-order valence-corrected chi connectivity index (χ2v) is 6.03. The molecule has 20 heavy (non-hydrogen) atoms. The van der Waals surface area contributed by atoms with E-state index in [-0.39, 0.29) is 11.8 Å². The third-order valence-corrected chi connectivity index (χ3v) is 4.41. The minimum atomic E-state index is 0.153. The molecule has 0 radical (unpaired) electrons. The Labute approximate surface area is 120 Å². The lowest BCUT2D eigenvalue weighted by Gasteiger charge is -2.25. The van der Waals surface area contributed by atoms with Gasteiger partial charge in [-0.1, -0.05) is 30.3 Å². The third-order valence-electron chi connectivity index (χ3n) is 4.41. The monoisotopic (exact) mass is 273 g/mol. The van der Waals surface area contributed by atoms with Crippen LogP contribution in [0.2, 0.25) is 0 Å². The zero-order valence-corrected chi connectivity index (χ0v) is 11.9. The number of carbonyl (C=O) groups is 1. The molecular weight excluding hydrogens is 250 g/mol. The van der Waals surface area contributed by atoms with Crippen LogP contribution in [0.3, 0.4) is 0 Å². The van der Waals surface area contributed by atoms with Crippen molar-refractivity contribution in [1.29, 1.82) is 0 Å². The standard InChI is InChI=1S/C17H23NO2/c19-17(15-8-10-20-11-9-15)18-16(14-6-7-14)12-13-4-2-1-3-5-13/h1-5,14-16H,6-12H2,(H,18,19). The van der Waals surface area contributed by atoms with E-state index in [1.165, 1.54) is 18.4 Å². The molecule has 3 heteroatoms. The molecule has 0 aromatic heterocycles. The quantitative estimate of drug-likeness (QED) is 0.895. The van der Waals surface area contributed by atoms with Gasteiger partial charge in [0, 0.05) is 25.2 Å². The summed E-state index contributed by atoms with van der Waals surface area (Å²) in [6.07, 6.45) is 5.21. The number of ether oxygens (including phenoxy) is 1. The van der Waals surface area contributed by atoms with Crippen LogP contribution in [0.5, 0.6) is 0 Å². The van der Waals surface area contributed by atoms with Gasteiger partial charge in [0.1, 0.15) is 0 Å². The first-order chi connectivity index (χ1) is 9.83. The molecule has 3 nitrogen and oxygen atoms in total. The number of nitrogens with one attached hydrogen (secondary N) is 1. The number of hydrogen-bond donors (Lipinski definition) is 1. The Bertz CT molecular complexity index is 436. The van der Waals surface area contributed by atoms with Crippen LogP contribution in [0.15, 0.2) is 30.3 Å². The Balaban J connectivity index is 1.58. The number of carbonyl (C=O) groups excluding carboxylic acids is 1. The highest BCUT2D eigenvalue weighted by Crippen LogP contribution is 2.34. The summed E-state index contributed by atoms with van der Waals surface area (Å²) < 4.78 is 5.33. The van der Waals surface area contributed by atoms with Crippen molar-refractivity contribution in [3.8, 4) is 0 Å². The summed E-state index contributed by atoms with van der Waals surface area (Å²) in [7, 11) is 0. The van der Waals surface area contributed by atoms with Crippen LogP contribution < -0.4 is 5.32 Å². The highest BCUT2D eigenvalue weighted by molar-refractivity contribution is 5.79. The average Bonchev–Trinajstić information content (AvgIpc) is 3.33. The van der Waals surface area contributed by atoms with E-state index in [9.17, 15) is 4.79 Å². The van der Waals surface area contributed by atoms with Gasteiger partial charge in [-0.3, -0.25) is 4.79 Å². The van der Waals surface area contributed by atoms with E-state index in [0.29, 0.717) is 12.0 Å². The molecule has 2 fully saturated rings. The van der Waals surface area contributed by atoms with Crippen LogP contribution in [0.25, 0.3) is 0 Å². The zero-order valence-electron chi connectivity index (χ0n) is 11.9. The van der Waals surface area contributed by atoms with Crippen molar-refractivity contribution in [2.75, 3.05) is 13.2 Å². The Hall–Kier alpha value is -1.35. The van der Waals surface area contributed by atoms with Crippen molar-refractivity contribution >= 4 is 5.91 Å². The first-order valence-corrected chi connectivity index (χ1v) is 7.75. The van der Waals surface area contributed by atoms with Crippen molar-refractivity contribution in [3.05, 3.63) is 35.9 Å². The van der Waals surface area contributed by atoms with Crippen LogP contribution >= 0.6 is 0 Å². The molecule has 1 saturated carbocycles. The lowest BCUT2D eigenvalue weighted by molar-refractivity contribution is -0.128. The van der Waals surface area contributed by atoms with Gasteiger partial charge in [-0.25, -0.2) is 0 Å². The van der Waals surface area contributed by atoms with Gasteiger partial charge < -0.3 is 10.1 Å². The van der Waals surface area contributed by atoms with E-state index in [2.05, 4.69) is 29.6 Å². The van der Waals surface area contributed by atoms with Gasteiger partial charge in [0.25, 0.3) is 0 Å². The van der Waals surface area contributed by atoms with Crippen LogP contribution in [0.4, 0.5) is 0 Å². The zero-order chi connectivity index (χ0) is 13.8. The number of amides is 1. The molecule has 1 saturated heterocycles. The van der Waals surface area contributed by atoms with E-state index < -0.39 is 0 Å². The molecule has 1 unspecified atom stereocenters. The molecule has 108 valence electrons. The fraction of sp³-hybridized carbons (Fsp3) is 0.588. The van der Waals surface area contributed by atoms with Crippen molar-refractivity contribution < 1.29 is 9.53 Å². The van der Waals surface area contributed by atoms with E-state index in [1.807, 2.05) is 6.07 Å². The van der Waals surface area contributed by atoms with Crippen LogP contribution in [0, 0.1) is 11.8 Å². The first kappa shape index (κ1) is 13.6. The Morgan fingerprint density at radius 2 is 1.85 bits per heavy atom. The second kappa shape index (κ2) is 6.40. The maximum absolute atomic E-state index is 12.4. The number of rotatable bonds is 5. The summed E-state index contributed by atoms with van der Waals surface area (Å²) in [5, 5.41) is 3.30. The van der Waals surface area contributed by atoms with Crippen molar-refractivity contribution in [3.63, 3.8) is 0 Å². The summed E-state index contributed by atoms with van der Waals surface area (Å²) in [6, 6.07) is 10.8. The first-order valence-electron chi connectivity index (χ1n) is 7.75. The molecule has 0 bridgehead atoms. The predicted molar refractivity (Wildman–Crippen MR) is 78.3 cm³/mol. The van der Waals surface area contributed by atoms with Crippen LogP contribution in [-0.2, 0) is 16.0 Å². The maximum Gasteiger partial charge on any atom is 0.223 e. The van der Waals surface area contributed by atoms with Gasteiger partial charge in [0.15, 0.2) is 0 Å². The lowest BCUT2D eigenvalue weighted by Crippen LogP contribution is -2.42. The molecule has 0 spiro atoms. The molecule has 1 amide bonds. The smallest absolute Gasteiger partial charge is 0.223 e. The van der Waals surface area contributed by atoms with Crippen molar-refractivity contribution in [2.45, 2.75) is 38.1 Å². The third kappa shape index (κ3) is 3.60. The highest BCUT2D eigenvalue weighted by Gasteiger charge is 2.33. The molecule has 1 aromatic carbocycles. The minimum Gasteiger partial charge on any atom is -0.381 e. The average molecular weight is 273 g/mol. The SMILES string of the molecule is O=C(NC(Cc1ccccc1)C1CC1)C1CCOCC1. The van der Waals surface area contributed by atoms with E-state index in [1.54, 1.807) is 0 Å². The van der Waals surface area contributed by atoms with Gasteiger partial charge in [-0.2, -0.15) is 0 Å². The highest BCUT2D eigenvalue weighted by atomic mass is 16.5. The Morgan fingerprint density at radius 3 is 2.50 bits per heavy atom. The van der Waals surface area contributed by atoms with Gasteiger partial charge in [-0.05, 0) is 43.6 Å². The lowest BCUT2D eigenvalue weighted by atomic mass is 9.97. The van der Waals surface area contributed by atoms with Crippen LogP contribution in [-0.4, -0.2) is 25.2 Å². The maximum atomic E-state index is 12.4. The normalized spacial score (nSPS) is 21.4. The second-order valence-electron chi connectivity index (χ2n) is 6.03. The summed E-state index contributed by atoms with van der Waals surface area (Å²) in [4.78, 5) is 12.4. The van der Waals surface area contributed by atoms with E-state index in [0.717, 1.165) is 32.5 Å². The van der Waals surface area contributed by atoms with E-state index >= 15 is 0 Å². The van der Waals surface area contributed by atoms with Gasteiger partial charge >= 0.3 is 0 Å². The number of hydrogen-bond acceptors (Lipinski definition) is 2. The van der Waals surface area contributed by atoms with Gasteiger partial charge in [-0.15, -0.1) is 0 Å². The fourth-order valence-corrected chi connectivity index (χ4v) is 2.96. The van der Waals surface area contributed by atoms with Gasteiger partial charge in [0.05, 0.1) is 0 Å². The molecule has 1 aliphatic heterocycles. The molecule has 1 N–H and O–H groups in total. The summed E-state index contributed by atoms with van der Waals surface area (Å²) in [5.41, 5.74) is 1.32. The van der Waals surface area contributed by atoms with Crippen molar-refractivity contribution in [2.24, 2.45) is 11.8 Å². The topological polar surface area (TPSA) is 38.3 Å².